The van der Waals surface area contributed by atoms with Crippen molar-refractivity contribution in [3.63, 3.8) is 0 Å². The maximum atomic E-state index is 5.86. The van der Waals surface area contributed by atoms with Crippen molar-refractivity contribution in [1.29, 1.82) is 0 Å². The summed E-state index contributed by atoms with van der Waals surface area (Å²) in [5, 5.41) is 0. The number of hydrogen-bond donors (Lipinski definition) is 1. The molecule has 0 bridgehead atoms. The molecule has 1 saturated heterocycles. The van der Waals surface area contributed by atoms with E-state index in [2.05, 4.69) is 30.9 Å². The molecule has 4 heteroatoms. The third kappa shape index (κ3) is 3.30. The summed E-state index contributed by atoms with van der Waals surface area (Å²) >= 11 is 5.19. The molecule has 0 saturated carbocycles. The van der Waals surface area contributed by atoms with Gasteiger partial charge in [0, 0.05) is 17.5 Å². The second-order valence-electron chi connectivity index (χ2n) is 6.02. The van der Waals surface area contributed by atoms with Gasteiger partial charge in [0.1, 0.15) is 5.75 Å². The summed E-state index contributed by atoms with van der Waals surface area (Å²) in [5.74, 6) is 0.971. The van der Waals surface area contributed by atoms with Crippen LogP contribution >= 0.6 is 12.2 Å². The van der Waals surface area contributed by atoms with Gasteiger partial charge in [0.05, 0.1) is 12.1 Å². The summed E-state index contributed by atoms with van der Waals surface area (Å²) in [4.78, 5) is 3.11. The van der Waals surface area contributed by atoms with Gasteiger partial charge in [0.2, 0.25) is 0 Å². The van der Waals surface area contributed by atoms with E-state index in [1.807, 2.05) is 6.07 Å². The Labute approximate surface area is 127 Å². The molecule has 1 aliphatic heterocycles. The molecule has 0 radical (unpaired) electrons. The Morgan fingerprint density at radius 2 is 2.05 bits per heavy atom. The van der Waals surface area contributed by atoms with Gasteiger partial charge in [-0.3, -0.25) is 4.90 Å². The van der Waals surface area contributed by atoms with Gasteiger partial charge in [-0.15, -0.1) is 0 Å². The first-order chi connectivity index (χ1) is 9.44. The number of nitrogens with two attached hydrogens (primary N) is 1. The lowest BCUT2D eigenvalue weighted by atomic mass is 9.80. The molecule has 0 aliphatic carbocycles. The van der Waals surface area contributed by atoms with Crippen molar-refractivity contribution in [2.45, 2.75) is 33.2 Å². The first-order valence-corrected chi connectivity index (χ1v) is 7.51. The van der Waals surface area contributed by atoms with Gasteiger partial charge in [-0.05, 0) is 38.9 Å². The zero-order valence-corrected chi connectivity index (χ0v) is 13.4. The molecule has 0 aromatic heterocycles. The van der Waals surface area contributed by atoms with Crippen LogP contribution in [0.2, 0.25) is 0 Å². The maximum absolute atomic E-state index is 5.86. The number of likely N-dealkylation sites (tertiary alicyclic amines) is 1. The van der Waals surface area contributed by atoms with E-state index in [1.54, 1.807) is 7.11 Å². The average molecular weight is 292 g/mol. The van der Waals surface area contributed by atoms with Crippen LogP contribution in [0.5, 0.6) is 5.75 Å². The van der Waals surface area contributed by atoms with Crippen molar-refractivity contribution in [2.75, 3.05) is 20.2 Å². The number of hydrogen-bond acceptors (Lipinski definition) is 3. The van der Waals surface area contributed by atoms with Gasteiger partial charge in [-0.1, -0.05) is 36.8 Å². The van der Waals surface area contributed by atoms with E-state index in [0.29, 0.717) is 4.99 Å². The predicted molar refractivity (Wildman–Crippen MR) is 87.1 cm³/mol. The molecule has 0 spiro atoms. The number of piperidine rings is 1. The molecule has 2 rings (SSSR count). The Morgan fingerprint density at radius 3 is 2.60 bits per heavy atom. The number of aryl methyl sites for hydroxylation is 1. The molecule has 0 amide bonds. The van der Waals surface area contributed by atoms with Crippen LogP contribution in [0.3, 0.4) is 0 Å². The Balaban J connectivity index is 2.03. The topological polar surface area (TPSA) is 38.5 Å². The first kappa shape index (κ1) is 15.3. The molecule has 3 nitrogen and oxygen atoms in total. The highest BCUT2D eigenvalue weighted by Gasteiger charge is 2.32. The summed E-state index contributed by atoms with van der Waals surface area (Å²) in [5.41, 5.74) is 8.41. The number of thiocarbonyl (C=S) groups is 1. The summed E-state index contributed by atoms with van der Waals surface area (Å²) in [6.07, 6.45) is 2.08. The highest BCUT2D eigenvalue weighted by atomic mass is 32.1. The molecular weight excluding hydrogens is 268 g/mol. The minimum Gasteiger partial charge on any atom is -0.496 e. The van der Waals surface area contributed by atoms with Crippen LogP contribution in [-0.4, -0.2) is 30.1 Å². The van der Waals surface area contributed by atoms with Crippen LogP contribution < -0.4 is 10.5 Å². The molecular formula is C16H24N2OS. The van der Waals surface area contributed by atoms with E-state index in [4.69, 9.17) is 22.7 Å². The van der Waals surface area contributed by atoms with E-state index in [0.717, 1.165) is 38.2 Å². The minimum absolute atomic E-state index is 0.0303. The van der Waals surface area contributed by atoms with Crippen LogP contribution in [0.15, 0.2) is 18.2 Å². The van der Waals surface area contributed by atoms with Gasteiger partial charge in [0.15, 0.2) is 0 Å². The van der Waals surface area contributed by atoms with Crippen molar-refractivity contribution in [2.24, 2.45) is 11.1 Å². The van der Waals surface area contributed by atoms with E-state index >= 15 is 0 Å². The molecule has 1 aliphatic rings. The lowest BCUT2D eigenvalue weighted by Crippen LogP contribution is -2.44. The van der Waals surface area contributed by atoms with Gasteiger partial charge >= 0.3 is 0 Å². The summed E-state index contributed by atoms with van der Waals surface area (Å²) in [7, 11) is 1.73. The van der Waals surface area contributed by atoms with Crippen molar-refractivity contribution in [3.05, 3.63) is 29.3 Å². The van der Waals surface area contributed by atoms with Crippen molar-refractivity contribution >= 4 is 17.2 Å². The second kappa shape index (κ2) is 6.10. The molecule has 1 fully saturated rings. The molecule has 2 N–H and O–H groups in total. The average Bonchev–Trinajstić information content (AvgIpc) is 2.42. The van der Waals surface area contributed by atoms with Crippen LogP contribution in [0, 0.1) is 12.3 Å². The summed E-state index contributed by atoms with van der Waals surface area (Å²) in [6, 6.07) is 6.34. The van der Waals surface area contributed by atoms with Crippen LogP contribution in [-0.2, 0) is 6.54 Å². The molecule has 0 atom stereocenters. The summed E-state index contributed by atoms with van der Waals surface area (Å²) in [6.45, 7) is 7.29. The third-order valence-corrected chi connectivity index (χ3v) is 4.88. The van der Waals surface area contributed by atoms with Crippen molar-refractivity contribution < 1.29 is 4.74 Å². The number of methoxy groups -OCH3 is 1. The number of nitrogens with zero attached hydrogens (tertiary/aromatic N) is 1. The summed E-state index contributed by atoms with van der Waals surface area (Å²) < 4.78 is 5.45. The standard InChI is InChI=1S/C16H24N2OS/c1-12-4-5-14(19-3)13(10-12)11-18-8-6-16(2,7-9-18)15(17)20/h4-5,10H,6-9,11H2,1-3H3,(H2,17,20). The van der Waals surface area contributed by atoms with Gasteiger partial charge in [-0.2, -0.15) is 0 Å². The van der Waals surface area contributed by atoms with Gasteiger partial charge in [0.25, 0.3) is 0 Å². The zero-order valence-electron chi connectivity index (χ0n) is 12.6. The normalized spacial score (nSPS) is 18.8. The number of rotatable bonds is 4. The van der Waals surface area contributed by atoms with Crippen LogP contribution in [0.4, 0.5) is 0 Å². The third-order valence-electron chi connectivity index (χ3n) is 4.38. The van der Waals surface area contributed by atoms with E-state index in [-0.39, 0.29) is 5.41 Å². The molecule has 1 heterocycles. The first-order valence-electron chi connectivity index (χ1n) is 7.10. The predicted octanol–water partition coefficient (Wildman–Crippen LogP) is 2.89. The quantitative estimate of drug-likeness (QED) is 0.866. The fourth-order valence-electron chi connectivity index (χ4n) is 2.72. The lowest BCUT2D eigenvalue weighted by molar-refractivity contribution is 0.156. The lowest BCUT2D eigenvalue weighted by Gasteiger charge is -2.38. The molecule has 1 aromatic carbocycles. The van der Waals surface area contributed by atoms with E-state index < -0.39 is 0 Å². The minimum atomic E-state index is 0.0303. The van der Waals surface area contributed by atoms with Crippen molar-refractivity contribution in [3.8, 4) is 5.75 Å². The second-order valence-corrected chi connectivity index (χ2v) is 6.46. The van der Waals surface area contributed by atoms with E-state index in [1.165, 1.54) is 11.1 Å². The highest BCUT2D eigenvalue weighted by molar-refractivity contribution is 7.80. The van der Waals surface area contributed by atoms with E-state index in [9.17, 15) is 0 Å². The van der Waals surface area contributed by atoms with Gasteiger partial charge < -0.3 is 10.5 Å². The fraction of sp³-hybridized carbons (Fsp3) is 0.562. The fourth-order valence-corrected chi connectivity index (χ4v) is 2.93. The molecule has 0 unspecified atom stereocenters. The molecule has 20 heavy (non-hydrogen) atoms. The largest absolute Gasteiger partial charge is 0.496 e. The number of ether oxygens (including phenoxy) is 1. The van der Waals surface area contributed by atoms with Crippen LogP contribution in [0.1, 0.15) is 30.9 Å². The van der Waals surface area contributed by atoms with Crippen LogP contribution in [0.25, 0.3) is 0 Å². The SMILES string of the molecule is COc1ccc(C)cc1CN1CCC(C)(C(N)=S)CC1. The molecule has 110 valence electrons. The highest BCUT2D eigenvalue weighted by Crippen LogP contribution is 2.32. The zero-order chi connectivity index (χ0) is 14.8. The molecule has 1 aromatic rings. The number of benzene rings is 1. The Kier molecular flexibility index (Phi) is 4.66. The van der Waals surface area contributed by atoms with Gasteiger partial charge in [-0.25, -0.2) is 0 Å². The Morgan fingerprint density at radius 1 is 1.40 bits per heavy atom. The Bertz CT molecular complexity index is 493. The monoisotopic (exact) mass is 292 g/mol. The van der Waals surface area contributed by atoms with Crippen molar-refractivity contribution in [1.82, 2.24) is 4.90 Å². The maximum Gasteiger partial charge on any atom is 0.123 e. The smallest absolute Gasteiger partial charge is 0.123 e. The Hall–Kier alpha value is -1.13.